The van der Waals surface area contributed by atoms with Crippen LogP contribution >= 0.6 is 0 Å². The minimum Gasteiger partial charge on any atom is -0.352 e. The number of benzene rings is 1. The molecule has 0 aliphatic carbocycles. The van der Waals surface area contributed by atoms with Crippen molar-refractivity contribution >= 4 is 23.3 Å². The summed E-state index contributed by atoms with van der Waals surface area (Å²) in [4.78, 5) is 37.3. The van der Waals surface area contributed by atoms with Crippen molar-refractivity contribution in [3.63, 3.8) is 0 Å². The zero-order valence-electron chi connectivity index (χ0n) is 12.1. The molecule has 0 saturated heterocycles. The Morgan fingerprint density at radius 1 is 1.20 bits per heavy atom. The Morgan fingerprint density at radius 2 is 1.80 bits per heavy atom. The number of carbonyl (C=O) groups excluding carboxylic acids is 3. The number of anilines is 1. The number of hydrogen-bond donors (Lipinski definition) is 1. The van der Waals surface area contributed by atoms with Crippen LogP contribution in [-0.4, -0.2) is 30.2 Å². The zero-order chi connectivity index (χ0) is 15.0. The van der Waals surface area contributed by atoms with E-state index in [0.29, 0.717) is 11.3 Å². The molecule has 1 aliphatic rings. The first-order chi connectivity index (χ1) is 9.32. The molecule has 0 fully saturated rings. The van der Waals surface area contributed by atoms with Gasteiger partial charge < -0.3 is 5.32 Å². The Balaban J connectivity index is 2.38. The minimum absolute atomic E-state index is 0.00557. The van der Waals surface area contributed by atoms with Gasteiger partial charge in [0.25, 0.3) is 11.7 Å². The molecule has 106 valence electrons. The van der Waals surface area contributed by atoms with E-state index in [9.17, 15) is 14.4 Å². The molecule has 0 aromatic heterocycles. The van der Waals surface area contributed by atoms with Gasteiger partial charge in [-0.25, -0.2) is 0 Å². The van der Waals surface area contributed by atoms with Crippen LogP contribution in [0.15, 0.2) is 12.1 Å². The molecule has 0 unspecified atom stereocenters. The fourth-order valence-corrected chi connectivity index (χ4v) is 2.42. The monoisotopic (exact) mass is 274 g/mol. The highest BCUT2D eigenvalue weighted by Crippen LogP contribution is 2.34. The van der Waals surface area contributed by atoms with Crippen LogP contribution in [0.2, 0.25) is 0 Å². The first-order valence-corrected chi connectivity index (χ1v) is 6.58. The van der Waals surface area contributed by atoms with Crippen molar-refractivity contribution in [2.75, 3.05) is 11.4 Å². The molecule has 0 radical (unpaired) electrons. The Kier molecular flexibility index (Phi) is 3.61. The Bertz CT molecular complexity index is 605. The summed E-state index contributed by atoms with van der Waals surface area (Å²) in [5.41, 5.74) is 2.57. The smallest absolute Gasteiger partial charge is 0.299 e. The number of carbonyl (C=O) groups is 3. The average molecular weight is 274 g/mol. The molecule has 1 aliphatic heterocycles. The summed E-state index contributed by atoms with van der Waals surface area (Å²) >= 11 is 0. The molecule has 5 nitrogen and oxygen atoms in total. The summed E-state index contributed by atoms with van der Waals surface area (Å²) in [5.74, 6) is -1.43. The number of Topliss-reactive ketones (excluding diaryl/α,β-unsaturated/α-hetero) is 1. The van der Waals surface area contributed by atoms with E-state index in [-0.39, 0.29) is 18.5 Å². The molecule has 0 spiro atoms. The predicted molar refractivity (Wildman–Crippen MR) is 75.9 cm³/mol. The third-order valence-corrected chi connectivity index (χ3v) is 3.28. The summed E-state index contributed by atoms with van der Waals surface area (Å²) in [6.45, 7) is 7.19. The van der Waals surface area contributed by atoms with Crippen molar-refractivity contribution in [2.24, 2.45) is 0 Å². The van der Waals surface area contributed by atoms with Crippen LogP contribution < -0.4 is 10.2 Å². The first-order valence-electron chi connectivity index (χ1n) is 6.58. The lowest BCUT2D eigenvalue weighted by molar-refractivity contribution is -0.122. The van der Waals surface area contributed by atoms with Crippen molar-refractivity contribution in [3.05, 3.63) is 28.8 Å². The van der Waals surface area contributed by atoms with Crippen LogP contribution in [0.3, 0.4) is 0 Å². The maximum absolute atomic E-state index is 12.1. The maximum Gasteiger partial charge on any atom is 0.299 e. The summed E-state index contributed by atoms with van der Waals surface area (Å²) in [6, 6.07) is 3.67. The third-order valence-electron chi connectivity index (χ3n) is 3.28. The summed E-state index contributed by atoms with van der Waals surface area (Å²) in [5, 5.41) is 2.73. The van der Waals surface area contributed by atoms with Gasteiger partial charge in [0.15, 0.2) is 0 Å². The van der Waals surface area contributed by atoms with Crippen molar-refractivity contribution < 1.29 is 14.4 Å². The summed E-state index contributed by atoms with van der Waals surface area (Å²) in [6.07, 6.45) is 0. The molecule has 0 saturated carbocycles. The number of hydrogen-bond acceptors (Lipinski definition) is 3. The second kappa shape index (κ2) is 5.07. The van der Waals surface area contributed by atoms with Gasteiger partial charge in [0, 0.05) is 6.04 Å². The third kappa shape index (κ3) is 2.31. The van der Waals surface area contributed by atoms with Gasteiger partial charge in [-0.15, -0.1) is 0 Å². The molecule has 2 rings (SSSR count). The second-order valence-electron chi connectivity index (χ2n) is 5.37. The Morgan fingerprint density at radius 3 is 2.40 bits per heavy atom. The highest BCUT2D eigenvalue weighted by Gasteiger charge is 2.38. The highest BCUT2D eigenvalue weighted by molar-refractivity contribution is 6.53. The van der Waals surface area contributed by atoms with E-state index in [4.69, 9.17) is 0 Å². The van der Waals surface area contributed by atoms with Gasteiger partial charge in [0.1, 0.15) is 6.54 Å². The minimum atomic E-state index is -0.628. The zero-order valence-corrected chi connectivity index (χ0v) is 12.1. The molecule has 1 N–H and O–H groups in total. The molecular formula is C15H18N2O3. The van der Waals surface area contributed by atoms with Gasteiger partial charge in [-0.1, -0.05) is 12.1 Å². The van der Waals surface area contributed by atoms with Crippen molar-refractivity contribution in [1.82, 2.24) is 5.32 Å². The Labute approximate surface area is 118 Å². The fourth-order valence-electron chi connectivity index (χ4n) is 2.42. The van der Waals surface area contributed by atoms with E-state index in [1.165, 1.54) is 4.90 Å². The highest BCUT2D eigenvalue weighted by atomic mass is 16.2. The molecule has 0 atom stereocenters. The van der Waals surface area contributed by atoms with E-state index >= 15 is 0 Å². The van der Waals surface area contributed by atoms with Gasteiger partial charge in [-0.2, -0.15) is 0 Å². The normalized spacial score (nSPS) is 13.9. The molecule has 5 heteroatoms. The van der Waals surface area contributed by atoms with Crippen LogP contribution in [-0.2, 0) is 9.59 Å². The van der Waals surface area contributed by atoms with Gasteiger partial charge in [0.2, 0.25) is 5.91 Å². The largest absolute Gasteiger partial charge is 0.352 e. The summed E-state index contributed by atoms with van der Waals surface area (Å²) in [7, 11) is 0. The first kappa shape index (κ1) is 14.2. The van der Waals surface area contributed by atoms with Gasteiger partial charge in [0.05, 0.1) is 11.3 Å². The molecule has 20 heavy (non-hydrogen) atoms. The number of nitrogens with zero attached hydrogens (tertiary/aromatic N) is 1. The van der Waals surface area contributed by atoms with Crippen LogP contribution in [0.25, 0.3) is 0 Å². The lowest BCUT2D eigenvalue weighted by atomic mass is 10.0. The topological polar surface area (TPSA) is 66.5 Å². The quantitative estimate of drug-likeness (QED) is 0.846. The standard InChI is InChI=1S/C15H18N2O3/c1-8(2)16-11(18)7-17-13-10(4)6-5-9(3)12(13)14(19)15(17)20/h5-6,8H,7H2,1-4H3,(H,16,18). The van der Waals surface area contributed by atoms with E-state index < -0.39 is 11.7 Å². The van der Waals surface area contributed by atoms with Crippen molar-refractivity contribution in [3.8, 4) is 0 Å². The van der Waals surface area contributed by atoms with Crippen LogP contribution in [0.5, 0.6) is 0 Å². The lowest BCUT2D eigenvalue weighted by Crippen LogP contribution is -2.42. The number of amides is 2. The molecular weight excluding hydrogens is 256 g/mol. The average Bonchev–Trinajstić information content (AvgIpc) is 2.59. The molecule has 1 heterocycles. The van der Waals surface area contributed by atoms with Gasteiger partial charge >= 0.3 is 0 Å². The summed E-state index contributed by atoms with van der Waals surface area (Å²) < 4.78 is 0. The number of ketones is 1. The SMILES string of the molecule is Cc1ccc(C)c2c1C(=O)C(=O)N2CC(=O)NC(C)C. The van der Waals surface area contributed by atoms with E-state index in [1.54, 1.807) is 6.92 Å². The van der Waals surface area contributed by atoms with Gasteiger partial charge in [-0.05, 0) is 38.8 Å². The number of rotatable bonds is 3. The Hall–Kier alpha value is -2.17. The second-order valence-corrected chi connectivity index (χ2v) is 5.37. The lowest BCUT2D eigenvalue weighted by Gasteiger charge is -2.19. The van der Waals surface area contributed by atoms with Crippen molar-refractivity contribution in [2.45, 2.75) is 33.7 Å². The van der Waals surface area contributed by atoms with E-state index in [1.807, 2.05) is 32.9 Å². The van der Waals surface area contributed by atoms with E-state index in [2.05, 4.69) is 5.32 Å². The van der Waals surface area contributed by atoms with Crippen LogP contribution in [0, 0.1) is 13.8 Å². The predicted octanol–water partition coefficient (Wildman–Crippen LogP) is 1.36. The van der Waals surface area contributed by atoms with Gasteiger partial charge in [-0.3, -0.25) is 19.3 Å². The van der Waals surface area contributed by atoms with Crippen LogP contribution in [0.1, 0.15) is 35.3 Å². The van der Waals surface area contributed by atoms with E-state index in [0.717, 1.165) is 11.1 Å². The maximum atomic E-state index is 12.1. The number of aryl methyl sites for hydroxylation is 2. The molecule has 2 amide bonds. The molecule has 1 aromatic rings. The fraction of sp³-hybridized carbons (Fsp3) is 0.400. The molecule has 1 aromatic carbocycles. The number of nitrogens with one attached hydrogen (secondary N) is 1. The molecule has 0 bridgehead atoms. The van der Waals surface area contributed by atoms with Crippen LogP contribution in [0.4, 0.5) is 5.69 Å². The van der Waals surface area contributed by atoms with Crippen molar-refractivity contribution in [1.29, 1.82) is 0 Å². The number of fused-ring (bicyclic) bond motifs is 1.